The van der Waals surface area contributed by atoms with Crippen molar-refractivity contribution in [1.82, 2.24) is 15.1 Å². The van der Waals surface area contributed by atoms with E-state index < -0.39 is 0 Å². The molecule has 1 N–H and O–H groups in total. The van der Waals surface area contributed by atoms with Crippen LogP contribution in [0, 0.1) is 18.8 Å². The molecule has 1 heterocycles. The van der Waals surface area contributed by atoms with Gasteiger partial charge < -0.3 is 5.32 Å². The fourth-order valence-electron chi connectivity index (χ4n) is 3.74. The van der Waals surface area contributed by atoms with Crippen LogP contribution in [0.25, 0.3) is 0 Å². The maximum absolute atomic E-state index is 6.50. The molecule has 118 valence electrons. The van der Waals surface area contributed by atoms with Gasteiger partial charge in [-0.2, -0.15) is 5.10 Å². The third-order valence-electron chi connectivity index (χ3n) is 5.22. The number of rotatable bonds is 6. The van der Waals surface area contributed by atoms with Gasteiger partial charge in [-0.1, -0.05) is 24.4 Å². The molecule has 2 aliphatic rings. The van der Waals surface area contributed by atoms with Crippen LogP contribution in [-0.4, -0.2) is 22.4 Å². The van der Waals surface area contributed by atoms with Crippen molar-refractivity contribution in [3.05, 3.63) is 16.4 Å². The van der Waals surface area contributed by atoms with Crippen LogP contribution in [-0.2, 0) is 13.0 Å². The van der Waals surface area contributed by atoms with E-state index in [-0.39, 0.29) is 0 Å². The fourth-order valence-corrected chi connectivity index (χ4v) is 3.95. The van der Waals surface area contributed by atoms with Crippen molar-refractivity contribution >= 4 is 11.6 Å². The maximum Gasteiger partial charge on any atom is 0.0847 e. The first-order valence-electron chi connectivity index (χ1n) is 8.64. The summed E-state index contributed by atoms with van der Waals surface area (Å²) < 4.78 is 2.11. The van der Waals surface area contributed by atoms with Gasteiger partial charge in [-0.3, -0.25) is 4.68 Å². The normalized spacial score (nSPS) is 26.2. The highest BCUT2D eigenvalue weighted by atomic mass is 35.5. The van der Waals surface area contributed by atoms with Crippen LogP contribution >= 0.6 is 11.6 Å². The van der Waals surface area contributed by atoms with Gasteiger partial charge in [0.15, 0.2) is 0 Å². The molecule has 2 saturated carbocycles. The smallest absolute Gasteiger partial charge is 0.0847 e. The van der Waals surface area contributed by atoms with E-state index in [1.54, 1.807) is 0 Å². The molecule has 3 nitrogen and oxygen atoms in total. The van der Waals surface area contributed by atoms with Crippen molar-refractivity contribution in [2.24, 2.45) is 11.8 Å². The minimum atomic E-state index is 0.767. The second kappa shape index (κ2) is 6.70. The maximum atomic E-state index is 6.50. The third-order valence-corrected chi connectivity index (χ3v) is 5.71. The first kappa shape index (κ1) is 15.4. The van der Waals surface area contributed by atoms with Gasteiger partial charge in [-0.15, -0.1) is 0 Å². The van der Waals surface area contributed by atoms with Crippen molar-refractivity contribution in [3.63, 3.8) is 0 Å². The summed E-state index contributed by atoms with van der Waals surface area (Å²) in [6.07, 6.45) is 9.36. The van der Waals surface area contributed by atoms with E-state index in [0.29, 0.717) is 0 Å². The van der Waals surface area contributed by atoms with Gasteiger partial charge in [0.1, 0.15) is 0 Å². The first-order chi connectivity index (χ1) is 10.2. The predicted octanol–water partition coefficient (Wildman–Crippen LogP) is 3.97. The summed E-state index contributed by atoms with van der Waals surface area (Å²) in [7, 11) is 0. The van der Waals surface area contributed by atoms with E-state index in [1.165, 1.54) is 50.8 Å². The SMILES string of the molecule is CCn1nc(C)c(Cl)c1CC1CCCCC1CNC1CC1. The van der Waals surface area contributed by atoms with Gasteiger partial charge >= 0.3 is 0 Å². The Bertz CT molecular complexity index is 479. The van der Waals surface area contributed by atoms with Gasteiger partial charge in [0.05, 0.1) is 16.4 Å². The summed E-state index contributed by atoms with van der Waals surface area (Å²) in [5.74, 6) is 1.58. The topological polar surface area (TPSA) is 29.9 Å². The van der Waals surface area contributed by atoms with E-state index in [9.17, 15) is 0 Å². The molecule has 2 aliphatic carbocycles. The van der Waals surface area contributed by atoms with Crippen LogP contribution in [0.3, 0.4) is 0 Å². The summed E-state index contributed by atoms with van der Waals surface area (Å²) >= 11 is 6.50. The van der Waals surface area contributed by atoms with E-state index in [0.717, 1.165) is 41.6 Å². The minimum Gasteiger partial charge on any atom is -0.314 e. The summed E-state index contributed by atoms with van der Waals surface area (Å²) in [6, 6.07) is 0.819. The lowest BCUT2D eigenvalue weighted by molar-refractivity contribution is 0.224. The lowest BCUT2D eigenvalue weighted by Gasteiger charge is -2.32. The molecule has 2 fully saturated rings. The second-order valence-electron chi connectivity index (χ2n) is 6.85. The van der Waals surface area contributed by atoms with Gasteiger partial charge in [0.25, 0.3) is 0 Å². The Morgan fingerprint density at radius 1 is 1.19 bits per heavy atom. The molecule has 0 aliphatic heterocycles. The molecule has 0 spiro atoms. The molecule has 0 aromatic carbocycles. The van der Waals surface area contributed by atoms with Crippen LogP contribution in [0.5, 0.6) is 0 Å². The summed E-state index contributed by atoms with van der Waals surface area (Å²) in [5.41, 5.74) is 2.25. The Morgan fingerprint density at radius 2 is 1.90 bits per heavy atom. The average Bonchev–Trinajstić information content (AvgIpc) is 3.28. The zero-order chi connectivity index (χ0) is 14.8. The number of hydrogen-bond acceptors (Lipinski definition) is 2. The highest BCUT2D eigenvalue weighted by Crippen LogP contribution is 2.35. The monoisotopic (exact) mass is 309 g/mol. The zero-order valence-electron chi connectivity index (χ0n) is 13.4. The Balaban J connectivity index is 1.68. The van der Waals surface area contributed by atoms with E-state index in [1.807, 2.05) is 6.92 Å². The molecule has 0 bridgehead atoms. The van der Waals surface area contributed by atoms with Crippen LogP contribution in [0.4, 0.5) is 0 Å². The molecule has 1 aromatic heterocycles. The largest absolute Gasteiger partial charge is 0.314 e. The van der Waals surface area contributed by atoms with Crippen molar-refractivity contribution in [3.8, 4) is 0 Å². The van der Waals surface area contributed by atoms with Gasteiger partial charge in [-0.05, 0) is 64.3 Å². The number of hydrogen-bond donors (Lipinski definition) is 1. The Hall–Kier alpha value is -0.540. The van der Waals surface area contributed by atoms with Crippen LogP contribution in [0.2, 0.25) is 5.02 Å². The summed E-state index contributed by atoms with van der Waals surface area (Å²) in [5, 5.41) is 9.21. The van der Waals surface area contributed by atoms with Gasteiger partial charge in [0, 0.05) is 12.6 Å². The fraction of sp³-hybridized carbons (Fsp3) is 0.824. The Kier molecular flexibility index (Phi) is 4.90. The zero-order valence-corrected chi connectivity index (χ0v) is 14.1. The molecule has 0 radical (unpaired) electrons. The van der Waals surface area contributed by atoms with Gasteiger partial charge in [0.2, 0.25) is 0 Å². The van der Waals surface area contributed by atoms with Crippen LogP contribution in [0.15, 0.2) is 0 Å². The molecule has 2 atom stereocenters. The summed E-state index contributed by atoms with van der Waals surface area (Å²) in [6.45, 7) is 6.29. The molecule has 3 rings (SSSR count). The van der Waals surface area contributed by atoms with Crippen molar-refractivity contribution in [2.75, 3.05) is 6.54 Å². The van der Waals surface area contributed by atoms with Crippen LogP contribution in [0.1, 0.15) is 56.8 Å². The number of nitrogens with one attached hydrogen (secondary N) is 1. The number of nitrogens with zero attached hydrogens (tertiary/aromatic N) is 2. The van der Waals surface area contributed by atoms with E-state index in [2.05, 4.69) is 22.0 Å². The average molecular weight is 310 g/mol. The molecule has 21 heavy (non-hydrogen) atoms. The lowest BCUT2D eigenvalue weighted by atomic mass is 9.76. The van der Waals surface area contributed by atoms with Gasteiger partial charge in [-0.25, -0.2) is 0 Å². The molecule has 4 heteroatoms. The second-order valence-corrected chi connectivity index (χ2v) is 7.23. The summed E-state index contributed by atoms with van der Waals surface area (Å²) in [4.78, 5) is 0. The highest BCUT2D eigenvalue weighted by molar-refractivity contribution is 6.31. The molecular formula is C17H28ClN3. The van der Waals surface area contributed by atoms with E-state index >= 15 is 0 Å². The standard InChI is InChI=1S/C17H28ClN3/c1-3-21-16(17(18)12(2)20-21)10-13-6-4-5-7-14(13)11-19-15-8-9-15/h13-15,19H,3-11H2,1-2H3. The number of halogens is 1. The number of aromatic nitrogens is 2. The molecule has 0 amide bonds. The quantitative estimate of drug-likeness (QED) is 0.862. The third kappa shape index (κ3) is 3.62. The minimum absolute atomic E-state index is 0.767. The number of aryl methyl sites for hydroxylation is 2. The Labute approximate surface area is 133 Å². The molecule has 0 saturated heterocycles. The lowest BCUT2D eigenvalue weighted by Crippen LogP contribution is -2.33. The molecular weight excluding hydrogens is 282 g/mol. The molecule has 1 aromatic rings. The van der Waals surface area contributed by atoms with Crippen LogP contribution < -0.4 is 5.32 Å². The first-order valence-corrected chi connectivity index (χ1v) is 9.02. The van der Waals surface area contributed by atoms with Crippen molar-refractivity contribution in [1.29, 1.82) is 0 Å². The highest BCUT2D eigenvalue weighted by Gasteiger charge is 2.29. The molecule has 2 unspecified atom stereocenters. The predicted molar refractivity (Wildman–Crippen MR) is 87.8 cm³/mol. The van der Waals surface area contributed by atoms with Crippen molar-refractivity contribution < 1.29 is 0 Å². The Morgan fingerprint density at radius 3 is 2.57 bits per heavy atom. The van der Waals surface area contributed by atoms with Crippen molar-refractivity contribution in [2.45, 2.75) is 71.4 Å². The van der Waals surface area contributed by atoms with E-state index in [4.69, 9.17) is 11.6 Å².